The van der Waals surface area contributed by atoms with Crippen molar-refractivity contribution in [1.29, 1.82) is 0 Å². The van der Waals surface area contributed by atoms with E-state index in [0.717, 1.165) is 24.5 Å². The highest BCUT2D eigenvalue weighted by Gasteiger charge is 2.30. The van der Waals surface area contributed by atoms with Gasteiger partial charge in [0.1, 0.15) is 18.2 Å². The fourth-order valence-corrected chi connectivity index (χ4v) is 3.01. The van der Waals surface area contributed by atoms with Crippen LogP contribution in [0.3, 0.4) is 0 Å². The van der Waals surface area contributed by atoms with Gasteiger partial charge < -0.3 is 15.4 Å². The molecule has 0 aromatic heterocycles. The average molecular weight is 360 g/mol. The normalized spacial score (nSPS) is 18.8. The molecule has 138 valence electrons. The molecule has 6 heteroatoms. The zero-order chi connectivity index (χ0) is 18.4. The summed E-state index contributed by atoms with van der Waals surface area (Å²) in [5.41, 5.74) is 1.58. The summed E-state index contributed by atoms with van der Waals surface area (Å²) in [6.45, 7) is 0.893. The number of carbonyl (C=O) groups excluding carboxylic acids is 1. The molecule has 0 spiro atoms. The summed E-state index contributed by atoms with van der Waals surface area (Å²) < 4.78 is 31.4. The van der Waals surface area contributed by atoms with Crippen molar-refractivity contribution in [1.82, 2.24) is 10.6 Å². The van der Waals surface area contributed by atoms with Crippen LogP contribution in [0.15, 0.2) is 48.5 Å². The van der Waals surface area contributed by atoms with E-state index in [-0.39, 0.29) is 12.6 Å². The second-order valence-electron chi connectivity index (χ2n) is 6.55. The minimum atomic E-state index is -0.554. The Kier molecular flexibility index (Phi) is 6.17. The Morgan fingerprint density at radius 2 is 1.69 bits per heavy atom. The highest BCUT2D eigenvalue weighted by molar-refractivity contribution is 5.67. The van der Waals surface area contributed by atoms with E-state index >= 15 is 0 Å². The number of ether oxygens (including phenoxy) is 1. The minimum absolute atomic E-state index is 0.0994. The van der Waals surface area contributed by atoms with Gasteiger partial charge in [-0.25, -0.2) is 13.6 Å². The highest BCUT2D eigenvalue weighted by Crippen LogP contribution is 2.20. The van der Waals surface area contributed by atoms with Crippen LogP contribution in [0.5, 0.6) is 0 Å². The van der Waals surface area contributed by atoms with Gasteiger partial charge in [0.15, 0.2) is 0 Å². The van der Waals surface area contributed by atoms with Crippen molar-refractivity contribution >= 4 is 6.09 Å². The standard InChI is InChI=1S/C20H22F2N2O2/c21-16-8-15(9-17(22)10-16)6-7-23-18-11-19(12-18)24-20(25)26-13-14-4-2-1-3-5-14/h1-5,8-10,18-19,23H,6-7,11-13H2,(H,24,25). The largest absolute Gasteiger partial charge is 0.445 e. The van der Waals surface area contributed by atoms with Crippen molar-refractivity contribution in [2.24, 2.45) is 0 Å². The maximum absolute atomic E-state index is 13.1. The van der Waals surface area contributed by atoms with Crippen molar-refractivity contribution in [3.8, 4) is 0 Å². The summed E-state index contributed by atoms with van der Waals surface area (Å²) in [6, 6.07) is 13.5. The second kappa shape index (κ2) is 8.76. The zero-order valence-corrected chi connectivity index (χ0v) is 14.4. The molecule has 1 fully saturated rings. The van der Waals surface area contributed by atoms with E-state index in [4.69, 9.17) is 4.74 Å². The first-order chi connectivity index (χ1) is 12.6. The lowest BCUT2D eigenvalue weighted by Gasteiger charge is -2.36. The maximum atomic E-state index is 13.1. The lowest BCUT2D eigenvalue weighted by atomic mass is 9.87. The Morgan fingerprint density at radius 1 is 1.00 bits per heavy atom. The molecular formula is C20H22F2N2O2. The molecule has 0 heterocycles. The molecule has 1 saturated carbocycles. The van der Waals surface area contributed by atoms with Gasteiger partial charge in [0.2, 0.25) is 0 Å². The van der Waals surface area contributed by atoms with Crippen LogP contribution in [0.1, 0.15) is 24.0 Å². The van der Waals surface area contributed by atoms with Crippen molar-refractivity contribution in [2.75, 3.05) is 6.54 Å². The SMILES string of the molecule is O=C(NC1CC(NCCc2cc(F)cc(F)c2)C1)OCc1ccccc1. The average Bonchev–Trinajstić information content (AvgIpc) is 2.57. The molecule has 2 aromatic carbocycles. The van der Waals surface area contributed by atoms with Crippen molar-refractivity contribution in [2.45, 2.75) is 38.0 Å². The number of benzene rings is 2. The predicted molar refractivity (Wildman–Crippen MR) is 94.6 cm³/mol. The van der Waals surface area contributed by atoms with Gasteiger partial charge in [0, 0.05) is 18.2 Å². The van der Waals surface area contributed by atoms with Crippen LogP contribution in [0, 0.1) is 11.6 Å². The van der Waals surface area contributed by atoms with E-state index in [2.05, 4.69) is 10.6 Å². The molecule has 1 aliphatic carbocycles. The molecule has 2 aromatic rings. The predicted octanol–water partition coefficient (Wildman–Crippen LogP) is 3.55. The zero-order valence-electron chi connectivity index (χ0n) is 14.4. The van der Waals surface area contributed by atoms with Crippen LogP contribution in [-0.4, -0.2) is 24.7 Å². The van der Waals surface area contributed by atoms with Gasteiger partial charge in [0.25, 0.3) is 0 Å². The third-order valence-electron chi connectivity index (χ3n) is 4.44. The van der Waals surface area contributed by atoms with Crippen molar-refractivity contribution in [3.05, 3.63) is 71.3 Å². The fourth-order valence-electron chi connectivity index (χ4n) is 3.01. The first-order valence-corrected chi connectivity index (χ1v) is 8.74. The van der Waals surface area contributed by atoms with E-state index in [0.29, 0.717) is 24.6 Å². The fraction of sp³-hybridized carbons (Fsp3) is 0.350. The smallest absolute Gasteiger partial charge is 0.407 e. The van der Waals surface area contributed by atoms with E-state index in [1.54, 1.807) is 0 Å². The Hall–Kier alpha value is -2.47. The van der Waals surface area contributed by atoms with Gasteiger partial charge >= 0.3 is 6.09 Å². The number of alkyl carbamates (subject to hydrolysis) is 1. The van der Waals surface area contributed by atoms with E-state index < -0.39 is 17.7 Å². The van der Waals surface area contributed by atoms with Crippen molar-refractivity contribution in [3.63, 3.8) is 0 Å². The van der Waals surface area contributed by atoms with Crippen LogP contribution in [-0.2, 0) is 17.8 Å². The Bertz CT molecular complexity index is 714. The number of rotatable bonds is 7. The molecule has 0 saturated heterocycles. The van der Waals surface area contributed by atoms with E-state index in [9.17, 15) is 13.6 Å². The number of hydrogen-bond donors (Lipinski definition) is 2. The maximum Gasteiger partial charge on any atom is 0.407 e. The molecule has 1 aliphatic rings. The molecule has 0 radical (unpaired) electrons. The third-order valence-corrected chi connectivity index (χ3v) is 4.44. The third kappa shape index (κ3) is 5.52. The summed E-state index contributed by atoms with van der Waals surface area (Å²) in [7, 11) is 0. The summed E-state index contributed by atoms with van der Waals surface area (Å²) >= 11 is 0. The first-order valence-electron chi connectivity index (χ1n) is 8.74. The molecular weight excluding hydrogens is 338 g/mol. The monoisotopic (exact) mass is 360 g/mol. The van der Waals surface area contributed by atoms with Gasteiger partial charge in [-0.05, 0) is 49.1 Å². The molecule has 0 bridgehead atoms. The molecule has 2 N–H and O–H groups in total. The summed E-state index contributed by atoms with van der Waals surface area (Å²) in [5.74, 6) is -1.11. The molecule has 1 amide bonds. The number of nitrogens with one attached hydrogen (secondary N) is 2. The van der Waals surface area contributed by atoms with E-state index in [1.165, 1.54) is 12.1 Å². The Labute approximate surface area is 151 Å². The molecule has 0 unspecified atom stereocenters. The molecule has 3 rings (SSSR count). The summed E-state index contributed by atoms with van der Waals surface area (Å²) in [5, 5.41) is 6.17. The van der Waals surface area contributed by atoms with Gasteiger partial charge in [0.05, 0.1) is 0 Å². The van der Waals surface area contributed by atoms with Gasteiger partial charge in [-0.1, -0.05) is 30.3 Å². The lowest BCUT2D eigenvalue weighted by molar-refractivity contribution is 0.125. The van der Waals surface area contributed by atoms with Crippen LogP contribution < -0.4 is 10.6 Å². The summed E-state index contributed by atoms with van der Waals surface area (Å²) in [4.78, 5) is 11.8. The lowest BCUT2D eigenvalue weighted by Crippen LogP contribution is -2.52. The Morgan fingerprint density at radius 3 is 2.38 bits per heavy atom. The molecule has 0 atom stereocenters. The topological polar surface area (TPSA) is 50.4 Å². The van der Waals surface area contributed by atoms with Gasteiger partial charge in [-0.15, -0.1) is 0 Å². The number of halogens is 2. The number of amides is 1. The quantitative estimate of drug-likeness (QED) is 0.794. The number of carbonyl (C=O) groups is 1. The van der Waals surface area contributed by atoms with Crippen molar-refractivity contribution < 1.29 is 18.3 Å². The van der Waals surface area contributed by atoms with Crippen LogP contribution in [0.4, 0.5) is 13.6 Å². The highest BCUT2D eigenvalue weighted by atomic mass is 19.1. The first kappa shape index (κ1) is 18.3. The molecule has 26 heavy (non-hydrogen) atoms. The minimum Gasteiger partial charge on any atom is -0.445 e. The molecule has 4 nitrogen and oxygen atoms in total. The Balaban J connectivity index is 1.29. The molecule has 0 aliphatic heterocycles. The van der Waals surface area contributed by atoms with Gasteiger partial charge in [-0.2, -0.15) is 0 Å². The second-order valence-corrected chi connectivity index (χ2v) is 6.55. The van der Waals surface area contributed by atoms with Crippen LogP contribution in [0.25, 0.3) is 0 Å². The summed E-state index contributed by atoms with van der Waals surface area (Å²) in [6.07, 6.45) is 1.78. The van der Waals surface area contributed by atoms with Gasteiger partial charge in [-0.3, -0.25) is 0 Å². The van der Waals surface area contributed by atoms with Crippen LogP contribution >= 0.6 is 0 Å². The number of hydrogen-bond acceptors (Lipinski definition) is 3. The van der Waals surface area contributed by atoms with Crippen LogP contribution in [0.2, 0.25) is 0 Å². The van der Waals surface area contributed by atoms with E-state index in [1.807, 2.05) is 30.3 Å².